The van der Waals surface area contributed by atoms with E-state index >= 15 is 0 Å². The van der Waals surface area contributed by atoms with Crippen molar-refractivity contribution in [2.45, 2.75) is 39.8 Å². The molecular formula is C22H29N5O3. The highest BCUT2D eigenvalue weighted by Gasteiger charge is 2.38. The molecule has 8 nitrogen and oxygen atoms in total. The van der Waals surface area contributed by atoms with Crippen molar-refractivity contribution in [3.05, 3.63) is 47.3 Å². The lowest BCUT2D eigenvalue weighted by molar-refractivity contribution is -0.117. The molecule has 2 aromatic rings. The van der Waals surface area contributed by atoms with Crippen LogP contribution in [0.4, 0.5) is 11.6 Å². The van der Waals surface area contributed by atoms with Crippen molar-refractivity contribution in [1.82, 2.24) is 15.3 Å². The van der Waals surface area contributed by atoms with Gasteiger partial charge in [-0.15, -0.1) is 0 Å². The van der Waals surface area contributed by atoms with Crippen molar-refractivity contribution >= 4 is 23.5 Å². The van der Waals surface area contributed by atoms with Crippen LogP contribution in [-0.2, 0) is 9.53 Å². The first-order valence-electron chi connectivity index (χ1n) is 10.1. The van der Waals surface area contributed by atoms with Crippen LogP contribution in [0.15, 0.2) is 30.5 Å². The topological polar surface area (TPSA) is 96.4 Å². The van der Waals surface area contributed by atoms with Crippen LogP contribution < -0.4 is 15.5 Å². The number of aromatic nitrogens is 2. The van der Waals surface area contributed by atoms with Crippen molar-refractivity contribution in [2.24, 2.45) is 5.92 Å². The fraction of sp³-hybridized carbons (Fsp3) is 0.455. The SMILES string of the molecule is COCCNC(=O)c1ccc2c(c1)[C@H](Nc1nccc(C)n1)[C@@H](C)[C@H](C)N2C(C)=O. The number of ether oxygens (including phenoxy) is 1. The summed E-state index contributed by atoms with van der Waals surface area (Å²) in [5.41, 5.74) is 3.07. The van der Waals surface area contributed by atoms with Gasteiger partial charge in [0.15, 0.2) is 0 Å². The molecule has 0 radical (unpaired) electrons. The molecule has 2 N–H and O–H groups in total. The third kappa shape index (κ3) is 4.43. The summed E-state index contributed by atoms with van der Waals surface area (Å²) in [6, 6.07) is 7.10. The van der Waals surface area contributed by atoms with Crippen LogP contribution in [-0.4, -0.2) is 48.1 Å². The standard InChI is InChI=1S/C22H29N5O3/c1-13-8-9-24-22(25-13)26-20-14(2)15(3)27(16(4)28)19-7-6-17(12-18(19)20)21(29)23-10-11-30-5/h6-9,12,14-15,20H,10-11H2,1-5H3,(H,23,29)(H,24,25,26)/t14-,15-,20+/m0/s1. The van der Waals surface area contributed by atoms with Crippen LogP contribution in [0.25, 0.3) is 0 Å². The molecule has 0 saturated carbocycles. The van der Waals surface area contributed by atoms with E-state index in [9.17, 15) is 9.59 Å². The van der Waals surface area contributed by atoms with Crippen LogP contribution in [0, 0.1) is 12.8 Å². The third-order valence-corrected chi connectivity index (χ3v) is 5.59. The lowest BCUT2D eigenvalue weighted by atomic mass is 9.82. The van der Waals surface area contributed by atoms with E-state index < -0.39 is 0 Å². The van der Waals surface area contributed by atoms with Crippen LogP contribution in [0.2, 0.25) is 0 Å². The number of fused-ring (bicyclic) bond motifs is 1. The number of hydrogen-bond acceptors (Lipinski definition) is 6. The van der Waals surface area contributed by atoms with E-state index in [1.54, 1.807) is 31.2 Å². The Hall–Kier alpha value is -3.00. The highest BCUT2D eigenvalue weighted by Crippen LogP contribution is 2.42. The average molecular weight is 412 g/mol. The molecule has 0 unspecified atom stereocenters. The number of anilines is 2. The zero-order chi connectivity index (χ0) is 21.8. The van der Waals surface area contributed by atoms with E-state index in [2.05, 4.69) is 27.5 Å². The number of hydrogen-bond donors (Lipinski definition) is 2. The van der Waals surface area contributed by atoms with Gasteiger partial charge in [-0.25, -0.2) is 9.97 Å². The molecule has 2 amide bonds. The van der Waals surface area contributed by atoms with E-state index in [1.807, 2.05) is 32.0 Å². The maximum Gasteiger partial charge on any atom is 0.251 e. The van der Waals surface area contributed by atoms with Gasteiger partial charge in [-0.05, 0) is 43.7 Å². The number of amides is 2. The number of aryl methyl sites for hydroxylation is 1. The van der Waals surface area contributed by atoms with Crippen molar-refractivity contribution in [2.75, 3.05) is 30.5 Å². The summed E-state index contributed by atoms with van der Waals surface area (Å²) in [6.07, 6.45) is 1.71. The Bertz CT molecular complexity index is 933. The Morgan fingerprint density at radius 2 is 2.00 bits per heavy atom. The van der Waals surface area contributed by atoms with Gasteiger partial charge in [0.1, 0.15) is 0 Å². The van der Waals surface area contributed by atoms with Gasteiger partial charge in [0.25, 0.3) is 5.91 Å². The number of methoxy groups -OCH3 is 1. The smallest absolute Gasteiger partial charge is 0.251 e. The van der Waals surface area contributed by atoms with Crippen molar-refractivity contribution in [1.29, 1.82) is 0 Å². The van der Waals surface area contributed by atoms with E-state index in [1.165, 1.54) is 0 Å². The van der Waals surface area contributed by atoms with Crippen LogP contribution in [0.3, 0.4) is 0 Å². The van der Waals surface area contributed by atoms with E-state index in [-0.39, 0.29) is 29.8 Å². The van der Waals surface area contributed by atoms with Gasteiger partial charge >= 0.3 is 0 Å². The molecule has 2 heterocycles. The maximum atomic E-state index is 12.6. The van der Waals surface area contributed by atoms with Gasteiger partial charge in [-0.1, -0.05) is 6.92 Å². The number of rotatable bonds is 6. The lowest BCUT2D eigenvalue weighted by Crippen LogP contribution is -2.48. The zero-order valence-corrected chi connectivity index (χ0v) is 18.1. The number of nitrogens with one attached hydrogen (secondary N) is 2. The van der Waals surface area contributed by atoms with Crippen molar-refractivity contribution < 1.29 is 14.3 Å². The summed E-state index contributed by atoms with van der Waals surface area (Å²) in [7, 11) is 1.59. The highest BCUT2D eigenvalue weighted by molar-refractivity contribution is 5.98. The lowest BCUT2D eigenvalue weighted by Gasteiger charge is -2.44. The maximum absolute atomic E-state index is 12.6. The third-order valence-electron chi connectivity index (χ3n) is 5.59. The number of carbonyl (C=O) groups excluding carboxylic acids is 2. The van der Waals surface area contributed by atoms with E-state index in [0.29, 0.717) is 24.7 Å². The molecule has 0 saturated heterocycles. The molecule has 1 aliphatic heterocycles. The molecule has 8 heteroatoms. The fourth-order valence-corrected chi connectivity index (χ4v) is 3.87. The van der Waals surface area contributed by atoms with Gasteiger partial charge in [-0.2, -0.15) is 0 Å². The van der Waals surface area contributed by atoms with Crippen LogP contribution in [0.1, 0.15) is 48.4 Å². The average Bonchev–Trinajstić information content (AvgIpc) is 2.71. The zero-order valence-electron chi connectivity index (χ0n) is 18.1. The number of carbonyl (C=O) groups is 2. The monoisotopic (exact) mass is 411 g/mol. The minimum absolute atomic E-state index is 0.0290. The van der Waals surface area contributed by atoms with Crippen LogP contribution in [0.5, 0.6) is 0 Å². The molecule has 1 aromatic carbocycles. The molecular weight excluding hydrogens is 382 g/mol. The minimum atomic E-state index is -0.180. The largest absolute Gasteiger partial charge is 0.383 e. The van der Waals surface area contributed by atoms with Crippen molar-refractivity contribution in [3.8, 4) is 0 Å². The number of nitrogens with zero attached hydrogens (tertiary/aromatic N) is 3. The molecule has 1 aromatic heterocycles. The Morgan fingerprint density at radius 1 is 1.23 bits per heavy atom. The van der Waals surface area contributed by atoms with Gasteiger partial charge in [0, 0.05) is 55.7 Å². The highest BCUT2D eigenvalue weighted by atomic mass is 16.5. The molecule has 3 rings (SSSR count). The Morgan fingerprint density at radius 3 is 2.67 bits per heavy atom. The minimum Gasteiger partial charge on any atom is -0.383 e. The summed E-state index contributed by atoms with van der Waals surface area (Å²) >= 11 is 0. The quantitative estimate of drug-likeness (QED) is 0.710. The summed E-state index contributed by atoms with van der Waals surface area (Å²) in [5.74, 6) is 0.382. The van der Waals surface area contributed by atoms with Gasteiger partial charge < -0.3 is 20.3 Å². The van der Waals surface area contributed by atoms with E-state index in [0.717, 1.165) is 16.9 Å². The first-order valence-corrected chi connectivity index (χ1v) is 10.1. The predicted molar refractivity (Wildman–Crippen MR) is 116 cm³/mol. The van der Waals surface area contributed by atoms with Crippen molar-refractivity contribution in [3.63, 3.8) is 0 Å². The molecule has 0 fully saturated rings. The summed E-state index contributed by atoms with van der Waals surface area (Å²) in [6.45, 7) is 8.47. The molecule has 0 aliphatic carbocycles. The van der Waals surface area contributed by atoms with Crippen LogP contribution >= 0.6 is 0 Å². The molecule has 1 aliphatic rings. The van der Waals surface area contributed by atoms with Gasteiger partial charge in [0.05, 0.1) is 12.6 Å². The first kappa shape index (κ1) is 21.7. The van der Waals surface area contributed by atoms with Gasteiger partial charge in [-0.3, -0.25) is 9.59 Å². The Balaban J connectivity index is 2.01. The number of benzene rings is 1. The second kappa shape index (κ2) is 9.21. The molecule has 0 spiro atoms. The molecule has 30 heavy (non-hydrogen) atoms. The predicted octanol–water partition coefficient (Wildman–Crippen LogP) is 2.71. The molecule has 3 atom stereocenters. The molecule has 160 valence electrons. The normalized spacial score (nSPS) is 20.4. The Kier molecular flexibility index (Phi) is 6.66. The summed E-state index contributed by atoms with van der Waals surface area (Å²) in [4.78, 5) is 35.6. The summed E-state index contributed by atoms with van der Waals surface area (Å²) in [5, 5.41) is 6.27. The fourth-order valence-electron chi connectivity index (χ4n) is 3.87. The molecule has 0 bridgehead atoms. The Labute approximate surface area is 177 Å². The van der Waals surface area contributed by atoms with Gasteiger partial charge in [0.2, 0.25) is 11.9 Å². The second-order valence-electron chi connectivity index (χ2n) is 7.65. The van der Waals surface area contributed by atoms with E-state index in [4.69, 9.17) is 4.74 Å². The first-order chi connectivity index (χ1) is 14.3. The second-order valence-corrected chi connectivity index (χ2v) is 7.65. The summed E-state index contributed by atoms with van der Waals surface area (Å²) < 4.78 is 5.00.